The van der Waals surface area contributed by atoms with Crippen molar-refractivity contribution in [3.05, 3.63) is 59.2 Å². The van der Waals surface area contributed by atoms with Crippen LogP contribution >= 0.6 is 15.9 Å². The topological polar surface area (TPSA) is 52.0 Å². The van der Waals surface area contributed by atoms with Crippen LogP contribution in [-0.4, -0.2) is 17.6 Å². The molecule has 0 radical (unpaired) electrons. The highest BCUT2D eigenvalue weighted by molar-refractivity contribution is 9.10. The molecule has 0 aliphatic carbocycles. The maximum absolute atomic E-state index is 12.5. The first-order valence-corrected chi connectivity index (χ1v) is 7.77. The molecule has 0 amide bonds. The Hall–Kier alpha value is -1.66. The van der Waals surface area contributed by atoms with Gasteiger partial charge < -0.3 is 0 Å². The Morgan fingerprint density at radius 3 is 2.47 bits per heavy atom. The van der Waals surface area contributed by atoms with Gasteiger partial charge in [-0.15, -0.1) is 0 Å². The van der Waals surface area contributed by atoms with Crippen molar-refractivity contribution in [1.82, 2.24) is 9.19 Å². The molecule has 3 aromatic rings. The van der Waals surface area contributed by atoms with Crippen LogP contribution in [0.2, 0.25) is 0 Å². The van der Waals surface area contributed by atoms with E-state index >= 15 is 0 Å². The fourth-order valence-corrected chi connectivity index (χ4v) is 3.62. The second-order valence-electron chi connectivity index (χ2n) is 3.98. The first-order chi connectivity index (χ1) is 9.10. The molecular weight excluding hydrogens is 328 g/mol. The van der Waals surface area contributed by atoms with Crippen molar-refractivity contribution in [3.63, 3.8) is 0 Å². The fraction of sp³-hybridized carbons (Fsp3) is 0. The molecule has 0 fully saturated rings. The van der Waals surface area contributed by atoms with Crippen molar-refractivity contribution < 1.29 is 8.42 Å². The van der Waals surface area contributed by atoms with Gasteiger partial charge in [-0.25, -0.2) is 0 Å². The standard InChI is InChI=1S/C13H9BrN2O2S/c14-12-7-4-8-13-11(12)9-15-16(13)19(17,18)10-5-2-1-3-6-10/h1-9H. The summed E-state index contributed by atoms with van der Waals surface area (Å²) < 4.78 is 26.9. The van der Waals surface area contributed by atoms with Crippen molar-refractivity contribution >= 4 is 36.9 Å². The maximum Gasteiger partial charge on any atom is 0.283 e. The summed E-state index contributed by atoms with van der Waals surface area (Å²) in [6.07, 6.45) is 1.54. The Morgan fingerprint density at radius 2 is 1.74 bits per heavy atom. The van der Waals surface area contributed by atoms with E-state index in [1.54, 1.807) is 48.7 Å². The van der Waals surface area contributed by atoms with Gasteiger partial charge in [0.1, 0.15) is 0 Å². The van der Waals surface area contributed by atoms with E-state index in [1.807, 2.05) is 6.07 Å². The number of aromatic nitrogens is 2. The van der Waals surface area contributed by atoms with Crippen LogP contribution in [0.5, 0.6) is 0 Å². The largest absolute Gasteiger partial charge is 0.283 e. The fourth-order valence-electron chi connectivity index (χ4n) is 1.88. The molecule has 0 spiro atoms. The van der Waals surface area contributed by atoms with Gasteiger partial charge in [0, 0.05) is 9.86 Å². The molecule has 0 saturated heterocycles. The first kappa shape index (κ1) is 12.4. The lowest BCUT2D eigenvalue weighted by atomic mass is 10.3. The van der Waals surface area contributed by atoms with Crippen LogP contribution in [0.4, 0.5) is 0 Å². The molecule has 4 nitrogen and oxygen atoms in total. The van der Waals surface area contributed by atoms with Crippen LogP contribution in [0.15, 0.2) is 64.1 Å². The summed E-state index contributed by atoms with van der Waals surface area (Å²) in [6, 6.07) is 13.6. The summed E-state index contributed by atoms with van der Waals surface area (Å²) >= 11 is 3.39. The van der Waals surface area contributed by atoms with E-state index in [2.05, 4.69) is 21.0 Å². The van der Waals surface area contributed by atoms with Gasteiger partial charge >= 0.3 is 0 Å². The second kappa shape index (κ2) is 4.47. The van der Waals surface area contributed by atoms with Crippen LogP contribution in [0.3, 0.4) is 0 Å². The molecule has 0 aliphatic heterocycles. The minimum atomic E-state index is -3.65. The number of rotatable bonds is 2. The number of benzene rings is 2. The SMILES string of the molecule is O=S(=O)(c1ccccc1)n1ncc2c(Br)cccc21. The maximum atomic E-state index is 12.5. The second-order valence-corrected chi connectivity index (χ2v) is 6.60. The van der Waals surface area contributed by atoms with Crippen molar-refractivity contribution in [2.45, 2.75) is 4.90 Å². The molecule has 2 aromatic carbocycles. The Labute approximate surface area is 118 Å². The van der Waals surface area contributed by atoms with Crippen LogP contribution in [0, 0.1) is 0 Å². The highest BCUT2D eigenvalue weighted by Crippen LogP contribution is 2.25. The number of halogens is 1. The zero-order valence-electron chi connectivity index (χ0n) is 9.69. The summed E-state index contributed by atoms with van der Waals surface area (Å²) in [5.41, 5.74) is 0.554. The Kier molecular flexibility index (Phi) is 2.91. The molecule has 1 aromatic heterocycles. The monoisotopic (exact) mass is 336 g/mol. The molecular formula is C13H9BrN2O2S. The number of fused-ring (bicyclic) bond motifs is 1. The van der Waals surface area contributed by atoms with Gasteiger partial charge in [-0.2, -0.15) is 17.6 Å². The third-order valence-corrected chi connectivity index (χ3v) is 5.10. The minimum Gasteiger partial charge on any atom is -0.199 e. The van der Waals surface area contributed by atoms with Crippen LogP contribution in [-0.2, 0) is 10.0 Å². The Balaban J connectivity index is 2.29. The quantitative estimate of drug-likeness (QED) is 0.722. The molecule has 1 heterocycles. The molecule has 96 valence electrons. The lowest BCUT2D eigenvalue weighted by Crippen LogP contribution is -2.14. The molecule has 0 aliphatic rings. The molecule has 19 heavy (non-hydrogen) atoms. The molecule has 0 bridgehead atoms. The Morgan fingerprint density at radius 1 is 1.00 bits per heavy atom. The summed E-state index contributed by atoms with van der Waals surface area (Å²) in [5, 5.41) is 4.77. The molecule has 0 unspecified atom stereocenters. The van der Waals surface area contributed by atoms with Crippen LogP contribution in [0.1, 0.15) is 0 Å². The van der Waals surface area contributed by atoms with E-state index < -0.39 is 10.0 Å². The number of hydrogen-bond donors (Lipinski definition) is 0. The van der Waals surface area contributed by atoms with Crippen molar-refractivity contribution in [2.75, 3.05) is 0 Å². The van der Waals surface area contributed by atoms with Crippen molar-refractivity contribution in [2.24, 2.45) is 0 Å². The molecule has 0 saturated carbocycles. The van der Waals surface area contributed by atoms with Crippen LogP contribution in [0.25, 0.3) is 10.9 Å². The predicted octanol–water partition coefficient (Wildman–Crippen LogP) is 3.04. The lowest BCUT2D eigenvalue weighted by molar-refractivity contribution is 0.582. The van der Waals surface area contributed by atoms with Gasteiger partial charge in [0.15, 0.2) is 0 Å². The van der Waals surface area contributed by atoms with E-state index in [4.69, 9.17) is 0 Å². The predicted molar refractivity (Wildman–Crippen MR) is 76.5 cm³/mol. The zero-order chi connectivity index (χ0) is 13.5. The van der Waals surface area contributed by atoms with Gasteiger partial charge in [-0.05, 0) is 24.3 Å². The smallest absolute Gasteiger partial charge is 0.199 e. The van der Waals surface area contributed by atoms with Gasteiger partial charge in [0.25, 0.3) is 10.0 Å². The molecule has 0 atom stereocenters. The highest BCUT2D eigenvalue weighted by Gasteiger charge is 2.20. The minimum absolute atomic E-state index is 0.222. The van der Waals surface area contributed by atoms with Gasteiger partial charge in [-0.1, -0.05) is 40.2 Å². The third-order valence-electron chi connectivity index (χ3n) is 2.80. The van der Waals surface area contributed by atoms with Gasteiger partial charge in [0.05, 0.1) is 16.6 Å². The summed E-state index contributed by atoms with van der Waals surface area (Å²) in [4.78, 5) is 0.222. The van der Waals surface area contributed by atoms with E-state index in [0.717, 1.165) is 13.9 Å². The lowest BCUT2D eigenvalue weighted by Gasteiger charge is -2.05. The van der Waals surface area contributed by atoms with E-state index in [1.165, 1.54) is 0 Å². The number of hydrogen-bond acceptors (Lipinski definition) is 3. The summed E-state index contributed by atoms with van der Waals surface area (Å²) in [7, 11) is -3.65. The van der Waals surface area contributed by atoms with Gasteiger partial charge in [0.2, 0.25) is 0 Å². The Bertz CT molecular complexity index is 841. The normalized spacial score (nSPS) is 11.8. The average molecular weight is 337 g/mol. The van der Waals surface area contributed by atoms with Crippen molar-refractivity contribution in [3.8, 4) is 0 Å². The average Bonchev–Trinajstić information content (AvgIpc) is 2.86. The highest BCUT2D eigenvalue weighted by atomic mass is 79.9. The molecule has 0 N–H and O–H groups in total. The third kappa shape index (κ3) is 1.97. The number of nitrogens with zero attached hydrogens (tertiary/aromatic N) is 2. The molecule has 3 rings (SSSR count). The zero-order valence-corrected chi connectivity index (χ0v) is 12.1. The van der Waals surface area contributed by atoms with Crippen molar-refractivity contribution in [1.29, 1.82) is 0 Å². The summed E-state index contributed by atoms with van der Waals surface area (Å²) in [5.74, 6) is 0. The van der Waals surface area contributed by atoms with E-state index in [0.29, 0.717) is 5.52 Å². The molecule has 6 heteroatoms. The van der Waals surface area contributed by atoms with E-state index in [9.17, 15) is 8.42 Å². The van der Waals surface area contributed by atoms with Gasteiger partial charge in [-0.3, -0.25) is 0 Å². The summed E-state index contributed by atoms with van der Waals surface area (Å²) in [6.45, 7) is 0. The first-order valence-electron chi connectivity index (χ1n) is 5.53. The van der Waals surface area contributed by atoms with E-state index in [-0.39, 0.29) is 4.90 Å². The van der Waals surface area contributed by atoms with Crippen LogP contribution < -0.4 is 0 Å².